The van der Waals surface area contributed by atoms with Crippen molar-refractivity contribution < 1.29 is 4.79 Å². The molecule has 0 bridgehead atoms. The van der Waals surface area contributed by atoms with E-state index in [9.17, 15) is 4.79 Å². The van der Waals surface area contributed by atoms with Crippen LogP contribution in [0.2, 0.25) is 0 Å². The smallest absolute Gasteiger partial charge is 0.243 e. The standard InChI is InChI=1S/C20H31N5O.HI/c1-14(2)11-23-20(24-13-18(26)25(4)5)21-10-9-16-12-22-19-15(3)7-6-8-17(16)19;/h6-8,12,14,22H,9-11,13H2,1-5H3,(H2,21,23,24);1H. The summed E-state index contributed by atoms with van der Waals surface area (Å²) in [6, 6.07) is 6.35. The number of H-pyrrole nitrogens is 1. The molecule has 1 heterocycles. The Morgan fingerprint density at radius 1 is 1.26 bits per heavy atom. The number of hydrogen-bond acceptors (Lipinski definition) is 2. The van der Waals surface area contributed by atoms with Gasteiger partial charge in [0.2, 0.25) is 5.91 Å². The zero-order chi connectivity index (χ0) is 19.1. The van der Waals surface area contributed by atoms with Crippen molar-refractivity contribution >= 4 is 46.7 Å². The third-order valence-electron chi connectivity index (χ3n) is 4.25. The van der Waals surface area contributed by atoms with Crippen molar-refractivity contribution in [2.24, 2.45) is 10.9 Å². The van der Waals surface area contributed by atoms with Crippen LogP contribution in [0, 0.1) is 12.8 Å². The minimum atomic E-state index is -0.0113. The molecule has 0 radical (unpaired) electrons. The molecule has 0 aliphatic rings. The average Bonchev–Trinajstić information content (AvgIpc) is 3.00. The molecule has 150 valence electrons. The number of aromatic amines is 1. The molecule has 1 aromatic heterocycles. The third-order valence-corrected chi connectivity index (χ3v) is 4.25. The highest BCUT2D eigenvalue weighted by Crippen LogP contribution is 2.21. The molecule has 0 saturated heterocycles. The summed E-state index contributed by atoms with van der Waals surface area (Å²) < 4.78 is 0. The molecule has 1 amide bonds. The van der Waals surface area contributed by atoms with Crippen LogP contribution in [0.15, 0.2) is 29.4 Å². The van der Waals surface area contributed by atoms with Crippen LogP contribution in [0.4, 0.5) is 0 Å². The van der Waals surface area contributed by atoms with E-state index in [0.29, 0.717) is 11.9 Å². The zero-order valence-corrected chi connectivity index (χ0v) is 19.3. The van der Waals surface area contributed by atoms with Gasteiger partial charge in [-0.25, -0.2) is 4.99 Å². The molecule has 2 rings (SSSR count). The minimum absolute atomic E-state index is 0. The predicted octanol–water partition coefficient (Wildman–Crippen LogP) is 2.92. The predicted molar refractivity (Wildman–Crippen MR) is 124 cm³/mol. The summed E-state index contributed by atoms with van der Waals surface area (Å²) >= 11 is 0. The first-order valence-electron chi connectivity index (χ1n) is 9.16. The third kappa shape index (κ3) is 7.04. The van der Waals surface area contributed by atoms with E-state index in [4.69, 9.17) is 0 Å². The van der Waals surface area contributed by atoms with Gasteiger partial charge in [-0.3, -0.25) is 4.79 Å². The van der Waals surface area contributed by atoms with Crippen molar-refractivity contribution in [1.29, 1.82) is 0 Å². The Balaban J connectivity index is 0.00000364. The van der Waals surface area contributed by atoms with E-state index in [0.717, 1.165) is 19.5 Å². The number of amides is 1. The molecule has 3 N–H and O–H groups in total. The number of aliphatic imine (C=N–C) groups is 1. The fourth-order valence-electron chi connectivity index (χ4n) is 2.65. The van der Waals surface area contributed by atoms with Gasteiger partial charge in [0.25, 0.3) is 0 Å². The number of likely N-dealkylation sites (N-methyl/N-ethyl adjacent to an activating group) is 1. The number of nitrogens with zero attached hydrogens (tertiary/aromatic N) is 2. The number of hydrogen-bond donors (Lipinski definition) is 3. The normalized spacial score (nSPS) is 11.4. The number of para-hydroxylation sites is 1. The average molecular weight is 485 g/mol. The van der Waals surface area contributed by atoms with Crippen LogP contribution >= 0.6 is 24.0 Å². The lowest BCUT2D eigenvalue weighted by Crippen LogP contribution is -2.41. The summed E-state index contributed by atoms with van der Waals surface area (Å²) in [6.45, 7) is 8.11. The molecule has 0 fully saturated rings. The van der Waals surface area contributed by atoms with Crippen LogP contribution in [0.5, 0.6) is 0 Å². The lowest BCUT2D eigenvalue weighted by atomic mass is 10.1. The lowest BCUT2D eigenvalue weighted by molar-refractivity contribution is -0.127. The van der Waals surface area contributed by atoms with Gasteiger partial charge in [0, 0.05) is 44.3 Å². The van der Waals surface area contributed by atoms with Crippen molar-refractivity contribution in [2.45, 2.75) is 27.2 Å². The van der Waals surface area contributed by atoms with Gasteiger partial charge in [0.1, 0.15) is 6.54 Å². The highest BCUT2D eigenvalue weighted by atomic mass is 127. The van der Waals surface area contributed by atoms with Crippen molar-refractivity contribution in [3.63, 3.8) is 0 Å². The van der Waals surface area contributed by atoms with Gasteiger partial charge in [-0.05, 0) is 30.4 Å². The Kier molecular flexibility index (Phi) is 9.62. The van der Waals surface area contributed by atoms with Crippen LogP contribution < -0.4 is 10.6 Å². The van der Waals surface area contributed by atoms with E-state index >= 15 is 0 Å². The quantitative estimate of drug-likeness (QED) is 0.321. The Bertz CT molecular complexity index is 767. The van der Waals surface area contributed by atoms with Gasteiger partial charge in [0.05, 0.1) is 0 Å². The number of halogens is 1. The fraction of sp³-hybridized carbons (Fsp3) is 0.500. The Hall–Kier alpha value is -1.77. The number of carbonyl (C=O) groups is 1. The molecular formula is C20H32IN5O. The van der Waals surface area contributed by atoms with Crippen molar-refractivity contribution in [1.82, 2.24) is 20.5 Å². The number of nitrogens with one attached hydrogen (secondary N) is 3. The molecule has 0 aliphatic heterocycles. The molecule has 27 heavy (non-hydrogen) atoms. The molecule has 0 atom stereocenters. The van der Waals surface area contributed by atoms with E-state index in [1.807, 2.05) is 0 Å². The monoisotopic (exact) mass is 485 g/mol. The zero-order valence-electron chi connectivity index (χ0n) is 16.9. The number of guanidine groups is 1. The van der Waals surface area contributed by atoms with Gasteiger partial charge in [0.15, 0.2) is 5.96 Å². The summed E-state index contributed by atoms with van der Waals surface area (Å²) in [5.74, 6) is 1.18. The van der Waals surface area contributed by atoms with Gasteiger partial charge >= 0.3 is 0 Å². The maximum Gasteiger partial charge on any atom is 0.243 e. The summed E-state index contributed by atoms with van der Waals surface area (Å²) in [5.41, 5.74) is 3.74. The Morgan fingerprint density at radius 2 is 2.00 bits per heavy atom. The van der Waals surface area contributed by atoms with Crippen molar-refractivity contribution in [3.8, 4) is 0 Å². The van der Waals surface area contributed by atoms with Gasteiger partial charge in [-0.2, -0.15) is 0 Å². The first-order valence-corrected chi connectivity index (χ1v) is 9.16. The van der Waals surface area contributed by atoms with E-state index in [-0.39, 0.29) is 36.4 Å². The highest BCUT2D eigenvalue weighted by molar-refractivity contribution is 14.0. The maximum absolute atomic E-state index is 11.8. The molecular weight excluding hydrogens is 453 g/mol. The second kappa shape index (κ2) is 11.2. The molecule has 0 unspecified atom stereocenters. The number of aromatic nitrogens is 1. The summed E-state index contributed by atoms with van der Waals surface area (Å²) in [6.07, 6.45) is 2.96. The number of aryl methyl sites for hydroxylation is 1. The van der Waals surface area contributed by atoms with Crippen molar-refractivity contribution in [3.05, 3.63) is 35.5 Å². The maximum atomic E-state index is 11.8. The summed E-state index contributed by atoms with van der Waals surface area (Å²) in [4.78, 5) is 21.1. The van der Waals surface area contributed by atoms with E-state index < -0.39 is 0 Å². The van der Waals surface area contributed by atoms with Crippen LogP contribution in [-0.4, -0.2) is 55.5 Å². The van der Waals surface area contributed by atoms with Crippen LogP contribution in [-0.2, 0) is 11.2 Å². The summed E-state index contributed by atoms with van der Waals surface area (Å²) in [5, 5.41) is 7.91. The van der Waals surface area contributed by atoms with Crippen LogP contribution in [0.1, 0.15) is 25.0 Å². The highest BCUT2D eigenvalue weighted by Gasteiger charge is 2.07. The number of rotatable bonds is 7. The molecule has 0 spiro atoms. The molecule has 1 aromatic carbocycles. The Labute approximate surface area is 179 Å². The SMILES string of the molecule is Cc1cccc2c(CCNC(=NCC(=O)N(C)C)NCC(C)C)c[nH]c12.I. The van der Waals surface area contributed by atoms with Crippen LogP contribution in [0.3, 0.4) is 0 Å². The molecule has 2 aromatic rings. The first-order chi connectivity index (χ1) is 12.4. The van der Waals surface area contributed by atoms with Crippen LogP contribution in [0.25, 0.3) is 10.9 Å². The van der Waals surface area contributed by atoms with E-state index in [1.165, 1.54) is 22.0 Å². The number of benzene rings is 1. The van der Waals surface area contributed by atoms with Gasteiger partial charge in [-0.15, -0.1) is 24.0 Å². The molecule has 0 aliphatic carbocycles. The number of fused-ring (bicyclic) bond motifs is 1. The second-order valence-corrected chi connectivity index (χ2v) is 7.22. The minimum Gasteiger partial charge on any atom is -0.361 e. The Morgan fingerprint density at radius 3 is 2.67 bits per heavy atom. The fourth-order valence-corrected chi connectivity index (χ4v) is 2.65. The van der Waals surface area contributed by atoms with Gasteiger partial charge < -0.3 is 20.5 Å². The largest absolute Gasteiger partial charge is 0.361 e. The summed E-state index contributed by atoms with van der Waals surface area (Å²) in [7, 11) is 3.48. The topological polar surface area (TPSA) is 72.5 Å². The molecule has 6 nitrogen and oxygen atoms in total. The lowest BCUT2D eigenvalue weighted by Gasteiger charge is -2.15. The van der Waals surface area contributed by atoms with Gasteiger partial charge in [-0.1, -0.05) is 32.0 Å². The number of carbonyl (C=O) groups excluding carboxylic acids is 1. The van der Waals surface area contributed by atoms with Crippen molar-refractivity contribution in [2.75, 3.05) is 33.7 Å². The van der Waals surface area contributed by atoms with E-state index in [2.05, 4.69) is 65.8 Å². The molecule has 0 saturated carbocycles. The molecule has 7 heteroatoms. The first kappa shape index (κ1) is 23.3. The van der Waals surface area contributed by atoms with E-state index in [1.54, 1.807) is 19.0 Å². The second-order valence-electron chi connectivity index (χ2n) is 7.22.